The van der Waals surface area contributed by atoms with E-state index in [4.69, 9.17) is 9.84 Å². The maximum absolute atomic E-state index is 12.4. The summed E-state index contributed by atoms with van der Waals surface area (Å²) in [7, 11) is 0. The standard InChI is InChI=1S/C21H25NO4/c1-13(2)16-7-6-10-19(12-16)26-15(4)20(23)22-18-9-5-8-17(11-18)14(3)21(24)25/h5-15H,1-4H3,(H,22,23)(H,24,25). The maximum Gasteiger partial charge on any atom is 0.310 e. The number of carbonyl (C=O) groups is 2. The Morgan fingerprint density at radius 2 is 1.62 bits per heavy atom. The molecule has 5 heteroatoms. The van der Waals surface area contributed by atoms with Gasteiger partial charge in [-0.2, -0.15) is 0 Å². The molecule has 0 saturated heterocycles. The van der Waals surface area contributed by atoms with Gasteiger partial charge in [0.25, 0.3) is 5.91 Å². The van der Waals surface area contributed by atoms with Gasteiger partial charge in [0.2, 0.25) is 0 Å². The minimum atomic E-state index is -0.907. The second-order valence-corrected chi connectivity index (χ2v) is 6.66. The average Bonchev–Trinajstić information content (AvgIpc) is 2.61. The number of amides is 1. The van der Waals surface area contributed by atoms with Gasteiger partial charge in [-0.1, -0.05) is 38.1 Å². The molecular weight excluding hydrogens is 330 g/mol. The molecule has 0 spiro atoms. The first-order valence-corrected chi connectivity index (χ1v) is 8.68. The van der Waals surface area contributed by atoms with Crippen LogP contribution in [0.3, 0.4) is 0 Å². The average molecular weight is 355 g/mol. The van der Waals surface area contributed by atoms with Crippen LogP contribution in [0.25, 0.3) is 0 Å². The Hall–Kier alpha value is -2.82. The Labute approximate surface area is 154 Å². The molecule has 0 aliphatic rings. The predicted molar refractivity (Wildman–Crippen MR) is 102 cm³/mol. The molecule has 2 atom stereocenters. The minimum absolute atomic E-state index is 0.292. The van der Waals surface area contributed by atoms with Crippen LogP contribution in [0.15, 0.2) is 48.5 Å². The van der Waals surface area contributed by atoms with Gasteiger partial charge in [0.1, 0.15) is 5.75 Å². The van der Waals surface area contributed by atoms with E-state index in [-0.39, 0.29) is 5.91 Å². The summed E-state index contributed by atoms with van der Waals surface area (Å²) < 4.78 is 5.75. The third-order valence-electron chi connectivity index (χ3n) is 4.23. The molecule has 26 heavy (non-hydrogen) atoms. The van der Waals surface area contributed by atoms with Gasteiger partial charge >= 0.3 is 5.97 Å². The highest BCUT2D eigenvalue weighted by Gasteiger charge is 2.17. The number of carbonyl (C=O) groups excluding carboxylic acids is 1. The van der Waals surface area contributed by atoms with E-state index in [2.05, 4.69) is 19.2 Å². The number of carboxylic acid groups (broad SMARTS) is 1. The van der Waals surface area contributed by atoms with E-state index in [0.29, 0.717) is 22.9 Å². The van der Waals surface area contributed by atoms with Crippen LogP contribution in [0.2, 0.25) is 0 Å². The van der Waals surface area contributed by atoms with Crippen molar-refractivity contribution in [2.45, 2.75) is 45.6 Å². The zero-order valence-electron chi connectivity index (χ0n) is 15.5. The summed E-state index contributed by atoms with van der Waals surface area (Å²) in [5.74, 6) is -0.816. The van der Waals surface area contributed by atoms with Gasteiger partial charge in [0.05, 0.1) is 5.92 Å². The summed E-state index contributed by atoms with van der Waals surface area (Å²) in [5, 5.41) is 11.9. The van der Waals surface area contributed by atoms with Crippen molar-refractivity contribution in [1.82, 2.24) is 0 Å². The van der Waals surface area contributed by atoms with Gasteiger partial charge < -0.3 is 15.2 Å². The van der Waals surface area contributed by atoms with Crippen LogP contribution in [-0.2, 0) is 9.59 Å². The fourth-order valence-electron chi connectivity index (χ4n) is 2.48. The second-order valence-electron chi connectivity index (χ2n) is 6.66. The van der Waals surface area contributed by atoms with Crippen LogP contribution in [-0.4, -0.2) is 23.1 Å². The minimum Gasteiger partial charge on any atom is -0.481 e. The molecule has 5 nitrogen and oxygen atoms in total. The molecule has 0 fully saturated rings. The number of nitrogens with one attached hydrogen (secondary N) is 1. The van der Waals surface area contributed by atoms with E-state index in [1.807, 2.05) is 24.3 Å². The molecule has 2 N–H and O–H groups in total. The summed E-state index contributed by atoms with van der Waals surface area (Å²) in [5.41, 5.74) is 2.32. The number of carboxylic acids is 1. The van der Waals surface area contributed by atoms with E-state index >= 15 is 0 Å². The molecule has 0 aliphatic carbocycles. The lowest BCUT2D eigenvalue weighted by molar-refractivity contribution is -0.138. The molecule has 0 bridgehead atoms. The molecule has 138 valence electrons. The largest absolute Gasteiger partial charge is 0.481 e. The number of ether oxygens (including phenoxy) is 1. The fourth-order valence-corrected chi connectivity index (χ4v) is 2.48. The molecule has 2 unspecified atom stereocenters. The second kappa shape index (κ2) is 8.52. The van der Waals surface area contributed by atoms with Crippen molar-refractivity contribution < 1.29 is 19.4 Å². The number of hydrogen-bond acceptors (Lipinski definition) is 3. The molecule has 0 heterocycles. The SMILES string of the molecule is CC(Oc1cccc(C(C)C)c1)C(=O)Nc1cccc(C(C)C(=O)O)c1. The number of aliphatic carboxylic acids is 1. The van der Waals surface area contributed by atoms with Gasteiger partial charge in [-0.25, -0.2) is 0 Å². The lowest BCUT2D eigenvalue weighted by Crippen LogP contribution is -2.30. The van der Waals surface area contributed by atoms with Crippen LogP contribution < -0.4 is 10.1 Å². The summed E-state index contributed by atoms with van der Waals surface area (Å²) in [6, 6.07) is 14.5. The quantitative estimate of drug-likeness (QED) is 0.772. The smallest absolute Gasteiger partial charge is 0.310 e. The van der Waals surface area contributed by atoms with E-state index < -0.39 is 18.0 Å². The molecule has 2 rings (SSSR count). The predicted octanol–water partition coefficient (Wildman–Crippen LogP) is 4.40. The first-order chi connectivity index (χ1) is 12.3. The molecule has 1 amide bonds. The van der Waals surface area contributed by atoms with Gasteiger partial charge in [-0.3, -0.25) is 9.59 Å². The van der Waals surface area contributed by atoms with Crippen LogP contribution in [0.5, 0.6) is 5.75 Å². The van der Waals surface area contributed by atoms with Crippen molar-refractivity contribution in [3.63, 3.8) is 0 Å². The molecular formula is C21H25NO4. The van der Waals surface area contributed by atoms with E-state index in [0.717, 1.165) is 5.56 Å². The highest BCUT2D eigenvalue weighted by Crippen LogP contribution is 2.22. The highest BCUT2D eigenvalue weighted by atomic mass is 16.5. The Morgan fingerprint density at radius 3 is 2.27 bits per heavy atom. The molecule has 2 aromatic rings. The first-order valence-electron chi connectivity index (χ1n) is 8.68. The summed E-state index contributed by atoms with van der Waals surface area (Å²) >= 11 is 0. The van der Waals surface area contributed by atoms with Gasteiger partial charge in [0, 0.05) is 5.69 Å². The summed E-state index contributed by atoms with van der Waals surface area (Å²) in [4.78, 5) is 23.5. The monoisotopic (exact) mass is 355 g/mol. The number of hydrogen-bond donors (Lipinski definition) is 2. The van der Waals surface area contributed by atoms with Gasteiger partial charge in [-0.05, 0) is 55.2 Å². The van der Waals surface area contributed by atoms with Crippen molar-refractivity contribution in [1.29, 1.82) is 0 Å². The normalized spacial score (nSPS) is 13.1. The number of benzene rings is 2. The molecule has 0 saturated carbocycles. The zero-order valence-corrected chi connectivity index (χ0v) is 15.5. The Bertz CT molecular complexity index is 785. The maximum atomic E-state index is 12.4. The van der Waals surface area contributed by atoms with Crippen LogP contribution >= 0.6 is 0 Å². The Balaban J connectivity index is 2.04. The van der Waals surface area contributed by atoms with E-state index in [1.54, 1.807) is 38.1 Å². The summed E-state index contributed by atoms with van der Waals surface area (Å²) in [6.45, 7) is 7.48. The molecule has 0 aromatic heterocycles. The van der Waals surface area contributed by atoms with Crippen LogP contribution in [0.4, 0.5) is 5.69 Å². The highest BCUT2D eigenvalue weighted by molar-refractivity contribution is 5.94. The topological polar surface area (TPSA) is 75.6 Å². The summed E-state index contributed by atoms with van der Waals surface area (Å²) in [6.07, 6.45) is -0.682. The van der Waals surface area contributed by atoms with Crippen molar-refractivity contribution in [3.8, 4) is 5.75 Å². The van der Waals surface area contributed by atoms with Crippen molar-refractivity contribution in [2.75, 3.05) is 5.32 Å². The van der Waals surface area contributed by atoms with Crippen LogP contribution in [0.1, 0.15) is 50.7 Å². The number of anilines is 1. The van der Waals surface area contributed by atoms with Gasteiger partial charge in [0.15, 0.2) is 6.10 Å². The first kappa shape index (κ1) is 19.5. The van der Waals surface area contributed by atoms with Crippen LogP contribution in [0, 0.1) is 0 Å². The third-order valence-corrected chi connectivity index (χ3v) is 4.23. The van der Waals surface area contributed by atoms with Gasteiger partial charge in [-0.15, -0.1) is 0 Å². The zero-order chi connectivity index (χ0) is 19.3. The van der Waals surface area contributed by atoms with E-state index in [9.17, 15) is 9.59 Å². The third kappa shape index (κ3) is 5.09. The van der Waals surface area contributed by atoms with Crippen molar-refractivity contribution >= 4 is 17.6 Å². The Morgan fingerprint density at radius 1 is 0.962 bits per heavy atom. The van der Waals surface area contributed by atoms with Crippen molar-refractivity contribution in [2.24, 2.45) is 0 Å². The lowest BCUT2D eigenvalue weighted by atomic mass is 10.0. The lowest BCUT2D eigenvalue weighted by Gasteiger charge is -2.16. The molecule has 0 aliphatic heterocycles. The van der Waals surface area contributed by atoms with E-state index in [1.165, 1.54) is 0 Å². The Kier molecular flexibility index (Phi) is 6.39. The fraction of sp³-hybridized carbons (Fsp3) is 0.333. The number of rotatable bonds is 7. The van der Waals surface area contributed by atoms with Crippen molar-refractivity contribution in [3.05, 3.63) is 59.7 Å². The molecule has 0 radical (unpaired) electrons. The molecule has 2 aromatic carbocycles.